The van der Waals surface area contributed by atoms with Gasteiger partial charge in [0.25, 0.3) is 0 Å². The lowest BCUT2D eigenvalue weighted by Crippen LogP contribution is -2.13. The predicted octanol–water partition coefficient (Wildman–Crippen LogP) is 3.70. The first kappa shape index (κ1) is 16.0. The van der Waals surface area contributed by atoms with E-state index in [0.717, 1.165) is 5.56 Å². The summed E-state index contributed by atoms with van der Waals surface area (Å²) in [5.41, 5.74) is 2.02. The van der Waals surface area contributed by atoms with Crippen LogP contribution in [-0.2, 0) is 16.0 Å². The van der Waals surface area contributed by atoms with Crippen LogP contribution in [0.4, 0.5) is 5.69 Å². The maximum absolute atomic E-state index is 12.0. The van der Waals surface area contributed by atoms with Gasteiger partial charge >= 0.3 is 5.97 Å². The number of carbonyl (C=O) groups excluding carboxylic acids is 2. The lowest BCUT2D eigenvalue weighted by molar-refractivity contribution is -0.116. The highest BCUT2D eigenvalue weighted by Crippen LogP contribution is 2.14. The average molecular weight is 318 g/mol. The Balaban J connectivity index is 1.91. The number of halogens is 1. The fraction of sp³-hybridized carbons (Fsp3) is 0.176. The van der Waals surface area contributed by atoms with Gasteiger partial charge in [0.2, 0.25) is 5.91 Å². The summed E-state index contributed by atoms with van der Waals surface area (Å²) in [6.07, 6.45) is 0.976. The maximum atomic E-state index is 12.0. The summed E-state index contributed by atoms with van der Waals surface area (Å²) < 4.78 is 4.65. The Morgan fingerprint density at radius 3 is 2.55 bits per heavy atom. The highest BCUT2D eigenvalue weighted by atomic mass is 35.5. The molecule has 1 N–H and O–H groups in total. The molecule has 4 nitrogen and oxygen atoms in total. The van der Waals surface area contributed by atoms with E-state index in [1.54, 1.807) is 36.4 Å². The zero-order valence-electron chi connectivity index (χ0n) is 12.1. The standard InChI is InChI=1S/C17H16ClNO3/c1-22-17(21)13-3-2-4-15(11-13)19-16(20)10-7-12-5-8-14(18)9-6-12/h2-6,8-9,11H,7,10H2,1H3,(H,19,20). The molecule has 0 aliphatic rings. The van der Waals surface area contributed by atoms with E-state index < -0.39 is 5.97 Å². The molecule has 0 spiro atoms. The smallest absolute Gasteiger partial charge is 0.337 e. The van der Waals surface area contributed by atoms with E-state index in [4.69, 9.17) is 11.6 Å². The van der Waals surface area contributed by atoms with Crippen molar-refractivity contribution in [1.29, 1.82) is 0 Å². The van der Waals surface area contributed by atoms with Crippen molar-refractivity contribution in [1.82, 2.24) is 0 Å². The molecule has 5 heteroatoms. The van der Waals surface area contributed by atoms with Gasteiger partial charge in [0.05, 0.1) is 12.7 Å². The molecule has 2 rings (SSSR count). The normalized spacial score (nSPS) is 10.1. The van der Waals surface area contributed by atoms with Gasteiger partial charge in [-0.1, -0.05) is 29.8 Å². The predicted molar refractivity (Wildman–Crippen MR) is 86.2 cm³/mol. The number of aryl methyl sites for hydroxylation is 1. The van der Waals surface area contributed by atoms with Gasteiger partial charge in [-0.25, -0.2) is 4.79 Å². The van der Waals surface area contributed by atoms with Gasteiger partial charge in [-0.15, -0.1) is 0 Å². The summed E-state index contributed by atoms with van der Waals surface area (Å²) in [5, 5.41) is 3.44. The minimum absolute atomic E-state index is 0.114. The fourth-order valence-electron chi connectivity index (χ4n) is 1.97. The number of hydrogen-bond acceptors (Lipinski definition) is 3. The molecule has 0 saturated carbocycles. The van der Waals surface area contributed by atoms with E-state index in [0.29, 0.717) is 29.1 Å². The molecule has 0 fully saturated rings. The highest BCUT2D eigenvalue weighted by molar-refractivity contribution is 6.30. The van der Waals surface area contributed by atoms with Crippen molar-refractivity contribution in [2.75, 3.05) is 12.4 Å². The molecule has 2 aromatic rings. The first-order chi connectivity index (χ1) is 10.6. The third-order valence-corrected chi connectivity index (χ3v) is 3.37. The van der Waals surface area contributed by atoms with Crippen molar-refractivity contribution < 1.29 is 14.3 Å². The van der Waals surface area contributed by atoms with Crippen LogP contribution in [0, 0.1) is 0 Å². The first-order valence-corrected chi connectivity index (χ1v) is 7.19. The van der Waals surface area contributed by atoms with E-state index >= 15 is 0 Å². The second-order valence-corrected chi connectivity index (χ2v) is 5.18. The van der Waals surface area contributed by atoms with Crippen LogP contribution in [-0.4, -0.2) is 19.0 Å². The molecule has 0 heterocycles. The number of benzene rings is 2. The molecular formula is C17H16ClNO3. The van der Waals surface area contributed by atoms with Gasteiger partial charge in [0.15, 0.2) is 0 Å². The maximum Gasteiger partial charge on any atom is 0.337 e. The van der Waals surface area contributed by atoms with Crippen molar-refractivity contribution in [3.63, 3.8) is 0 Å². The number of anilines is 1. The number of amides is 1. The molecule has 0 saturated heterocycles. The number of methoxy groups -OCH3 is 1. The molecule has 114 valence electrons. The summed E-state index contributed by atoms with van der Waals surface area (Å²) in [6.45, 7) is 0. The number of esters is 1. The van der Waals surface area contributed by atoms with Gasteiger partial charge < -0.3 is 10.1 Å². The number of ether oxygens (including phenoxy) is 1. The van der Waals surface area contributed by atoms with Crippen molar-refractivity contribution in [2.45, 2.75) is 12.8 Å². The Kier molecular flexibility index (Phi) is 5.55. The van der Waals surface area contributed by atoms with Crippen LogP contribution in [0.15, 0.2) is 48.5 Å². The second kappa shape index (κ2) is 7.61. The fourth-order valence-corrected chi connectivity index (χ4v) is 2.10. The van der Waals surface area contributed by atoms with E-state index in [2.05, 4.69) is 10.1 Å². The molecule has 2 aromatic carbocycles. The van der Waals surface area contributed by atoms with E-state index in [9.17, 15) is 9.59 Å². The van der Waals surface area contributed by atoms with Crippen LogP contribution < -0.4 is 5.32 Å². The topological polar surface area (TPSA) is 55.4 Å². The molecule has 0 radical (unpaired) electrons. The van der Waals surface area contributed by atoms with Gasteiger partial charge in [0.1, 0.15) is 0 Å². The number of rotatable bonds is 5. The quantitative estimate of drug-likeness (QED) is 0.855. The van der Waals surface area contributed by atoms with Crippen LogP contribution in [0.25, 0.3) is 0 Å². The minimum Gasteiger partial charge on any atom is -0.465 e. The molecule has 1 amide bonds. The average Bonchev–Trinajstić information content (AvgIpc) is 2.54. The third kappa shape index (κ3) is 4.60. The lowest BCUT2D eigenvalue weighted by atomic mass is 10.1. The Morgan fingerprint density at radius 1 is 1.14 bits per heavy atom. The van der Waals surface area contributed by atoms with Crippen LogP contribution in [0.2, 0.25) is 5.02 Å². The molecule has 0 aliphatic carbocycles. The van der Waals surface area contributed by atoms with E-state index in [1.807, 2.05) is 12.1 Å². The Bertz CT molecular complexity index is 668. The molecule has 22 heavy (non-hydrogen) atoms. The van der Waals surface area contributed by atoms with Crippen molar-refractivity contribution in [3.8, 4) is 0 Å². The lowest BCUT2D eigenvalue weighted by Gasteiger charge is -2.07. The Labute approximate surface area is 134 Å². The van der Waals surface area contributed by atoms with Gasteiger partial charge in [-0.2, -0.15) is 0 Å². The molecule has 0 atom stereocenters. The molecule has 0 bridgehead atoms. The summed E-state index contributed by atoms with van der Waals surface area (Å²) in [6, 6.07) is 14.0. The summed E-state index contributed by atoms with van der Waals surface area (Å²) in [5.74, 6) is -0.547. The zero-order valence-corrected chi connectivity index (χ0v) is 12.9. The Morgan fingerprint density at radius 2 is 1.86 bits per heavy atom. The van der Waals surface area contributed by atoms with Crippen molar-refractivity contribution in [2.24, 2.45) is 0 Å². The van der Waals surface area contributed by atoms with Crippen LogP contribution in [0.5, 0.6) is 0 Å². The van der Waals surface area contributed by atoms with Gasteiger partial charge in [-0.05, 0) is 42.3 Å². The van der Waals surface area contributed by atoms with Crippen LogP contribution in [0.1, 0.15) is 22.3 Å². The van der Waals surface area contributed by atoms with Crippen molar-refractivity contribution in [3.05, 3.63) is 64.7 Å². The van der Waals surface area contributed by atoms with E-state index in [1.165, 1.54) is 7.11 Å². The molecule has 0 unspecified atom stereocenters. The van der Waals surface area contributed by atoms with Crippen molar-refractivity contribution >= 4 is 29.2 Å². The van der Waals surface area contributed by atoms with Crippen LogP contribution in [0.3, 0.4) is 0 Å². The number of carbonyl (C=O) groups is 2. The molecular weight excluding hydrogens is 302 g/mol. The van der Waals surface area contributed by atoms with E-state index in [-0.39, 0.29) is 5.91 Å². The van der Waals surface area contributed by atoms with Gasteiger partial charge in [-0.3, -0.25) is 4.79 Å². The number of nitrogens with one attached hydrogen (secondary N) is 1. The molecule has 0 aliphatic heterocycles. The molecule has 0 aromatic heterocycles. The SMILES string of the molecule is COC(=O)c1cccc(NC(=O)CCc2ccc(Cl)cc2)c1. The monoisotopic (exact) mass is 317 g/mol. The zero-order chi connectivity index (χ0) is 15.9. The second-order valence-electron chi connectivity index (χ2n) is 4.75. The number of hydrogen-bond donors (Lipinski definition) is 1. The summed E-state index contributed by atoms with van der Waals surface area (Å²) in [4.78, 5) is 23.4. The van der Waals surface area contributed by atoms with Gasteiger partial charge in [0, 0.05) is 17.1 Å². The third-order valence-electron chi connectivity index (χ3n) is 3.12. The Hall–Kier alpha value is -2.33. The highest BCUT2D eigenvalue weighted by Gasteiger charge is 2.08. The first-order valence-electron chi connectivity index (χ1n) is 6.81. The van der Waals surface area contributed by atoms with Crippen LogP contribution >= 0.6 is 11.6 Å². The summed E-state index contributed by atoms with van der Waals surface area (Å²) in [7, 11) is 1.32. The minimum atomic E-state index is -0.433. The largest absolute Gasteiger partial charge is 0.465 e. The summed E-state index contributed by atoms with van der Waals surface area (Å²) >= 11 is 5.82.